The molecule has 0 spiro atoms. The Kier molecular flexibility index (Phi) is 35.7. The van der Waals surface area contributed by atoms with Crippen LogP contribution in [0.4, 0.5) is 0 Å². The number of nitrogens with zero attached hydrogens (tertiary/aromatic N) is 1. The maximum atomic E-state index is 14.6. The zero-order chi connectivity index (χ0) is 66.9. The number of nitrogens with two attached hydrogens (primary N) is 6. The minimum Gasteiger partial charge on any atom is -0.391 e. The number of nitrogens with one attached hydrogen (secondary N) is 9. The van der Waals surface area contributed by atoms with E-state index in [1.165, 1.54) is 6.92 Å². The summed E-state index contributed by atoms with van der Waals surface area (Å²) >= 11 is 0. The van der Waals surface area contributed by atoms with Crippen LogP contribution in [0.25, 0.3) is 10.8 Å². The topological polar surface area (TPSA) is 468 Å². The predicted molar refractivity (Wildman–Crippen MR) is 343 cm³/mol. The van der Waals surface area contributed by atoms with Crippen LogP contribution in [0.1, 0.15) is 151 Å². The average Bonchev–Trinajstić information content (AvgIpc) is 3.63. The van der Waals surface area contributed by atoms with Crippen LogP contribution in [0.2, 0.25) is 0 Å². The van der Waals surface area contributed by atoms with Gasteiger partial charge in [0, 0.05) is 13.0 Å². The summed E-state index contributed by atoms with van der Waals surface area (Å²) in [4.78, 5) is 143. The molecule has 27 nitrogen and oxygen atoms in total. The van der Waals surface area contributed by atoms with Gasteiger partial charge in [0.25, 0.3) is 0 Å². The van der Waals surface area contributed by atoms with E-state index in [0.29, 0.717) is 32.1 Å². The Bertz CT molecular complexity index is 2630. The van der Waals surface area contributed by atoms with Gasteiger partial charge in [0.15, 0.2) is 5.96 Å². The Morgan fingerprint density at radius 2 is 0.854 bits per heavy atom. The maximum absolute atomic E-state index is 14.6. The normalized spacial score (nSPS) is 15.1. The summed E-state index contributed by atoms with van der Waals surface area (Å²) in [5.74, 6) is -8.28. The van der Waals surface area contributed by atoms with E-state index in [1.54, 1.807) is 0 Å². The third kappa shape index (κ3) is 29.6. The Morgan fingerprint density at radius 1 is 0.461 bits per heavy atom. The first-order chi connectivity index (χ1) is 42.0. The van der Waals surface area contributed by atoms with E-state index >= 15 is 0 Å². The number of aliphatic hydroxyl groups excluding tert-OH is 1. The summed E-state index contributed by atoms with van der Waals surface area (Å²) in [5, 5.41) is 37.2. The molecule has 0 saturated carbocycles. The van der Waals surface area contributed by atoms with Gasteiger partial charge in [-0.3, -0.25) is 52.9 Å². The van der Waals surface area contributed by atoms with Crippen molar-refractivity contribution in [3.8, 4) is 0 Å². The molecule has 0 aliphatic carbocycles. The van der Waals surface area contributed by atoms with Crippen molar-refractivity contribution in [3.05, 3.63) is 48.0 Å². The van der Waals surface area contributed by atoms with Crippen LogP contribution in [0, 0.1) is 23.7 Å². The number of benzene rings is 2. The fourth-order valence-electron chi connectivity index (χ4n) is 9.84. The molecule has 0 bridgehead atoms. The molecule has 11 atom stereocenters. The summed E-state index contributed by atoms with van der Waals surface area (Å²) in [6, 6.07) is 1.73. The Hall–Kier alpha value is -7.49. The molecule has 0 unspecified atom stereocenters. The van der Waals surface area contributed by atoms with Crippen LogP contribution >= 0.6 is 0 Å². The molecule has 0 aliphatic rings. The summed E-state index contributed by atoms with van der Waals surface area (Å²) < 4.78 is 0. The van der Waals surface area contributed by atoms with Gasteiger partial charge in [-0.25, -0.2) is 0 Å². The molecule has 0 aromatic heterocycles. The predicted octanol–water partition coefficient (Wildman–Crippen LogP) is -0.544. The molecular formula is C62H106N16O11. The fourth-order valence-corrected chi connectivity index (χ4v) is 9.84. The summed E-state index contributed by atoms with van der Waals surface area (Å²) in [6.45, 7) is 16.3. The third-order valence-electron chi connectivity index (χ3n) is 14.9. The van der Waals surface area contributed by atoms with Crippen molar-refractivity contribution in [1.82, 2.24) is 47.9 Å². The molecule has 0 fully saturated rings. The Balaban J connectivity index is 2.50. The molecule has 10 amide bonds. The number of amides is 10. The minimum absolute atomic E-state index is 0.00281. The number of guanidine groups is 1. The van der Waals surface area contributed by atoms with Crippen molar-refractivity contribution in [2.75, 3.05) is 26.2 Å². The van der Waals surface area contributed by atoms with Crippen LogP contribution in [-0.4, -0.2) is 157 Å². The van der Waals surface area contributed by atoms with E-state index in [0.717, 1.165) is 16.3 Å². The number of fused-ring (bicyclic) bond motifs is 1. The highest BCUT2D eigenvalue weighted by Gasteiger charge is 2.37. The number of primary amides is 1. The lowest BCUT2D eigenvalue weighted by Crippen LogP contribution is -2.62. The molecule has 89 heavy (non-hydrogen) atoms. The molecule has 0 heterocycles. The van der Waals surface area contributed by atoms with E-state index in [2.05, 4.69) is 52.8 Å². The van der Waals surface area contributed by atoms with Crippen molar-refractivity contribution in [1.29, 1.82) is 0 Å². The molecule has 0 radical (unpaired) electrons. The lowest BCUT2D eigenvalue weighted by atomic mass is 9.97. The standard InChI is InChI=1S/C62H106N16O11/c1-10-38(8)31-50(76-55(83)45(22-17-27-69-62(67)68)71-54(82)43(20-13-15-25-63)72-58(86)48(29-36(4)5)75-57(85)47(28-35(2)3)70-51(80)34-65)60(88)73-44(21-14-16-26-64)56(84)78-52(39(9)79)61(89)77-49(30-37(6)7)59(87)74-46(53(66)81)33-40-23-24-41-18-11-12-19-42(41)32-40/h11-12,18-19,23-24,32,35-39,43-50,52,79H,10,13-17,20-22,25-31,33-34,63-65H2,1-9H3,(H2,66,81)(H,70,80)(H,71,82)(H,72,86)(H,73,88)(H,74,87)(H,75,85)(H,76,83)(H,77,89)(H,78,84)(H4,67,68,69)/t38-,39+,43-,44-,45-,46-,47-,48-,49-,50-,52-/m0/s1. The zero-order valence-corrected chi connectivity index (χ0v) is 53.8. The molecule has 2 aromatic carbocycles. The van der Waals surface area contributed by atoms with Crippen LogP contribution in [0.3, 0.4) is 0 Å². The summed E-state index contributed by atoms with van der Waals surface area (Å²) in [5.41, 5.74) is 34.9. The maximum Gasteiger partial charge on any atom is 0.245 e. The van der Waals surface area contributed by atoms with Gasteiger partial charge < -0.3 is 87.4 Å². The van der Waals surface area contributed by atoms with E-state index in [1.807, 2.05) is 97.9 Å². The van der Waals surface area contributed by atoms with Gasteiger partial charge in [-0.1, -0.05) is 104 Å². The quantitative estimate of drug-likeness (QED) is 0.0225. The monoisotopic (exact) mass is 1250 g/mol. The molecule has 0 aliphatic heterocycles. The first-order valence-corrected chi connectivity index (χ1v) is 31.4. The number of rotatable bonds is 43. The van der Waals surface area contributed by atoms with Crippen LogP contribution in [0.15, 0.2) is 47.5 Å². The highest BCUT2D eigenvalue weighted by molar-refractivity contribution is 5.99. The summed E-state index contributed by atoms with van der Waals surface area (Å²) in [7, 11) is 0. The molecule has 27 heteroatoms. The third-order valence-corrected chi connectivity index (χ3v) is 14.9. The average molecular weight is 1250 g/mol. The van der Waals surface area contributed by atoms with Gasteiger partial charge in [-0.2, -0.15) is 0 Å². The van der Waals surface area contributed by atoms with E-state index < -0.39 is 120 Å². The molecule has 2 aromatic rings. The zero-order valence-electron chi connectivity index (χ0n) is 53.8. The lowest BCUT2D eigenvalue weighted by molar-refractivity contribution is -0.137. The molecule has 22 N–H and O–H groups in total. The smallest absolute Gasteiger partial charge is 0.245 e. The second kappa shape index (κ2) is 40.9. The van der Waals surface area contributed by atoms with E-state index in [4.69, 9.17) is 34.4 Å². The highest BCUT2D eigenvalue weighted by atomic mass is 16.3. The number of aliphatic imine (C=N–C) groups is 1. The van der Waals surface area contributed by atoms with Gasteiger partial charge in [-0.05, 0) is 137 Å². The van der Waals surface area contributed by atoms with Crippen molar-refractivity contribution >= 4 is 75.8 Å². The molecule has 500 valence electrons. The van der Waals surface area contributed by atoms with Gasteiger partial charge in [0.2, 0.25) is 59.1 Å². The highest BCUT2D eigenvalue weighted by Crippen LogP contribution is 2.19. The Labute approximate surface area is 524 Å². The minimum atomic E-state index is -1.66. The number of hydrogen-bond acceptors (Lipinski definition) is 15. The lowest BCUT2D eigenvalue weighted by Gasteiger charge is -2.30. The number of hydrogen-bond donors (Lipinski definition) is 16. The summed E-state index contributed by atoms with van der Waals surface area (Å²) in [6.07, 6.45) is 1.43. The van der Waals surface area contributed by atoms with Crippen LogP contribution in [0.5, 0.6) is 0 Å². The SMILES string of the molecule is CC[C@H](C)C[C@H](NC(=O)[C@H](CCCN=C(N)N)NC(=O)[C@H](CCCCN)NC(=O)[C@H](CC(C)C)NC(=O)[C@H](CC(C)C)NC(=O)CN)C(=O)N[C@@H](CCCCN)C(=O)N[C@H](C(=O)N[C@@H](CC(C)C)C(=O)N[C@@H](Cc1ccc2ccccc2c1)C(N)=O)[C@@H](C)O. The molecule has 2 rings (SSSR count). The van der Waals surface area contributed by atoms with Crippen LogP contribution < -0.4 is 82.3 Å². The molecular weight excluding hydrogens is 1140 g/mol. The largest absolute Gasteiger partial charge is 0.391 e. The van der Waals surface area contributed by atoms with Crippen LogP contribution in [-0.2, 0) is 54.4 Å². The Morgan fingerprint density at radius 3 is 1.27 bits per heavy atom. The fraction of sp³-hybridized carbons (Fsp3) is 0.661. The van der Waals surface area contributed by atoms with Crippen molar-refractivity contribution in [2.45, 2.75) is 213 Å². The number of carbonyl (C=O) groups is 10. The first-order valence-electron chi connectivity index (χ1n) is 31.4. The number of unbranched alkanes of at least 4 members (excludes halogenated alkanes) is 2. The van der Waals surface area contributed by atoms with E-state index in [9.17, 15) is 53.1 Å². The van der Waals surface area contributed by atoms with Gasteiger partial charge >= 0.3 is 0 Å². The van der Waals surface area contributed by atoms with Crippen molar-refractivity contribution in [2.24, 2.45) is 63.1 Å². The van der Waals surface area contributed by atoms with Gasteiger partial charge in [0.05, 0.1) is 12.6 Å². The van der Waals surface area contributed by atoms with Crippen molar-refractivity contribution < 1.29 is 53.1 Å². The van der Waals surface area contributed by atoms with Gasteiger partial charge in [-0.15, -0.1) is 0 Å². The molecule has 0 saturated heterocycles. The second-order valence-electron chi connectivity index (χ2n) is 24.4. The first kappa shape index (κ1) is 77.6. The van der Waals surface area contributed by atoms with Gasteiger partial charge in [0.1, 0.15) is 54.4 Å². The van der Waals surface area contributed by atoms with E-state index in [-0.39, 0.29) is 114 Å². The van der Waals surface area contributed by atoms with Crippen molar-refractivity contribution in [3.63, 3.8) is 0 Å². The number of aliphatic hydroxyl groups is 1. The number of carbonyl (C=O) groups excluding carboxylic acids is 10. The second-order valence-corrected chi connectivity index (χ2v) is 24.4.